The van der Waals surface area contributed by atoms with Crippen molar-refractivity contribution in [2.45, 2.75) is 62.3 Å². The maximum Gasteiger partial charge on any atom is 5.00 e. The molecule has 0 aliphatic rings. The third-order valence-corrected chi connectivity index (χ3v) is 3.49. The van der Waals surface area contributed by atoms with E-state index < -0.39 is 122 Å². The van der Waals surface area contributed by atoms with Gasteiger partial charge in [-0.3, -0.25) is 24.0 Å². The molecule has 0 unspecified atom stereocenters. The molecule has 0 aromatic rings. The first-order valence-corrected chi connectivity index (χ1v) is 11.1. The summed E-state index contributed by atoms with van der Waals surface area (Å²) in [7, 11) is 0. The molecular weight excluding hydrogens is 681 g/mol. The molecule has 15 N–H and O–H groups in total. The third-order valence-electron chi connectivity index (χ3n) is 3.49. The van der Waals surface area contributed by atoms with Crippen LogP contribution < -0.4 is 54.2 Å². The maximum absolute atomic E-state index is 9.74. The van der Waals surface area contributed by atoms with Crippen molar-refractivity contribution in [2.24, 2.45) is 28.7 Å². The summed E-state index contributed by atoms with van der Waals surface area (Å²) in [6.45, 7) is 0. The van der Waals surface area contributed by atoms with Gasteiger partial charge in [-0.1, -0.05) is 0 Å². The molecule has 25 nitrogen and oxygen atoms in total. The number of aliphatic carboxylic acids is 10. The van der Waals surface area contributed by atoms with E-state index in [1.807, 2.05) is 0 Å². The molecule has 0 aliphatic carbocycles. The van der Waals surface area contributed by atoms with Gasteiger partial charge in [-0.05, 0) is 0 Å². The second-order valence-electron chi connectivity index (χ2n) is 7.62. The average Bonchev–Trinajstić information content (AvgIpc) is 2.83. The first-order chi connectivity index (χ1) is 20.2. The molecule has 0 amide bonds. The standard InChI is InChI=1S/5C4H7NO4.V/c5*5-2(4(8)9)1-3(6)7;/h5*2H,1,5H2,(H,6,7)(H,8,9);/q;;;;;+5/p-5/t5*2-;/m00000./s1. The van der Waals surface area contributed by atoms with E-state index in [9.17, 15) is 73.5 Å². The Bertz CT molecular complexity index is 855. The molecule has 0 saturated carbocycles. The minimum absolute atomic E-state index is 0. The smallest absolute Gasteiger partial charge is 0.548 e. The van der Waals surface area contributed by atoms with Crippen LogP contribution in [0.25, 0.3) is 0 Å². The number of carboxylic acids is 10. The van der Waals surface area contributed by atoms with Crippen molar-refractivity contribution in [3.63, 3.8) is 0 Å². The molecule has 0 rings (SSSR count). The van der Waals surface area contributed by atoms with Crippen LogP contribution >= 0.6 is 0 Å². The molecule has 0 aliphatic heterocycles. The number of nitrogens with two attached hydrogens (primary N) is 5. The number of carboxylic acid groups (broad SMARTS) is 10. The second-order valence-corrected chi connectivity index (χ2v) is 7.62. The summed E-state index contributed by atoms with van der Waals surface area (Å²) in [4.78, 5) is 97.4. The van der Waals surface area contributed by atoms with Crippen LogP contribution in [-0.2, 0) is 66.5 Å². The Kier molecular flexibility index (Phi) is 35.1. The van der Waals surface area contributed by atoms with Gasteiger partial charge in [0.1, 0.15) is 0 Å². The molecule has 0 spiro atoms. The van der Waals surface area contributed by atoms with Crippen LogP contribution in [0.4, 0.5) is 0 Å². The quantitative estimate of drug-likeness (QED) is 0.0753. The van der Waals surface area contributed by atoms with Crippen molar-refractivity contribution in [1.82, 2.24) is 0 Å². The Balaban J connectivity index is -0.000000108. The Hall–Kier alpha value is -4.92. The van der Waals surface area contributed by atoms with Gasteiger partial charge in [-0.25, -0.2) is 0 Å². The van der Waals surface area contributed by atoms with Crippen LogP contribution in [0.3, 0.4) is 0 Å². The number of rotatable bonds is 15. The van der Waals surface area contributed by atoms with E-state index in [-0.39, 0.29) is 18.6 Å². The van der Waals surface area contributed by atoms with Gasteiger partial charge in [-0.15, -0.1) is 0 Å². The summed E-state index contributed by atoms with van der Waals surface area (Å²) in [5.74, 6) is -13.9. The molecule has 260 valence electrons. The zero-order chi connectivity index (χ0) is 37.2. The van der Waals surface area contributed by atoms with E-state index in [4.69, 9.17) is 54.2 Å². The van der Waals surface area contributed by atoms with E-state index in [0.29, 0.717) is 0 Å². The van der Waals surface area contributed by atoms with Gasteiger partial charge < -0.3 is 104 Å². The topological polar surface area (TPSA) is 517 Å². The third kappa shape index (κ3) is 46.1. The van der Waals surface area contributed by atoms with Crippen molar-refractivity contribution >= 4 is 59.7 Å². The van der Waals surface area contributed by atoms with Crippen molar-refractivity contribution in [1.29, 1.82) is 0 Å². The Morgan fingerprint density at radius 1 is 0.348 bits per heavy atom. The number of hydrogen-bond donors (Lipinski definition) is 10. The van der Waals surface area contributed by atoms with Crippen LogP contribution in [0, 0.1) is 0 Å². The van der Waals surface area contributed by atoms with Crippen molar-refractivity contribution in [3.8, 4) is 0 Å². The van der Waals surface area contributed by atoms with Gasteiger partial charge >= 0.3 is 48.4 Å². The molecule has 0 aromatic heterocycles. The van der Waals surface area contributed by atoms with Crippen LogP contribution in [0.2, 0.25) is 0 Å². The Labute approximate surface area is 268 Å². The SMILES string of the molecule is N[C@@H](CC(=O)O)C(=O)[O-].N[C@@H](CC(=O)O)C(=O)[O-].N[C@@H](CC(=O)O)C(=O)[O-].N[C@@H](CC(=O)O)C(=O)[O-].N[C@@H](CC(=O)O)C(=O)[O-].[V+5]. The fraction of sp³-hybridized carbons (Fsp3) is 0.500. The summed E-state index contributed by atoms with van der Waals surface area (Å²) in [5.41, 5.74) is 23.9. The molecule has 0 saturated heterocycles. The van der Waals surface area contributed by atoms with Crippen molar-refractivity contribution in [3.05, 3.63) is 0 Å². The van der Waals surface area contributed by atoms with E-state index in [1.54, 1.807) is 0 Å². The van der Waals surface area contributed by atoms with Crippen molar-refractivity contribution in [2.75, 3.05) is 0 Å². The molecule has 0 fully saturated rings. The van der Waals surface area contributed by atoms with Gasteiger partial charge in [0.15, 0.2) is 0 Å². The van der Waals surface area contributed by atoms with E-state index in [0.717, 1.165) is 0 Å². The molecule has 0 aromatic carbocycles. The summed E-state index contributed by atoms with van der Waals surface area (Å²) >= 11 is 0. The molecule has 0 radical (unpaired) electrons. The minimum Gasteiger partial charge on any atom is -0.548 e. The Morgan fingerprint density at radius 2 is 0.435 bits per heavy atom. The molecule has 0 bridgehead atoms. The summed E-state index contributed by atoms with van der Waals surface area (Å²) < 4.78 is 0. The minimum atomic E-state index is -1.54. The maximum atomic E-state index is 9.74. The van der Waals surface area contributed by atoms with Gasteiger partial charge in [0, 0.05) is 0 Å². The summed E-state index contributed by atoms with van der Waals surface area (Å²) in [5, 5.41) is 88.5. The molecular formula is C20H30N5O20V. The number of carbonyl (C=O) groups is 10. The normalized spacial score (nSPS) is 12.3. The van der Waals surface area contributed by atoms with Gasteiger partial charge in [0.05, 0.1) is 92.2 Å². The molecule has 46 heavy (non-hydrogen) atoms. The fourth-order valence-electron chi connectivity index (χ4n) is 1.36. The van der Waals surface area contributed by atoms with E-state index >= 15 is 0 Å². The van der Waals surface area contributed by atoms with E-state index in [2.05, 4.69) is 0 Å². The average molecular weight is 711 g/mol. The monoisotopic (exact) mass is 711 g/mol. The summed E-state index contributed by atoms with van der Waals surface area (Å²) in [6.07, 6.45) is -2.97. The fourth-order valence-corrected chi connectivity index (χ4v) is 1.36. The first-order valence-electron chi connectivity index (χ1n) is 11.1. The predicted octanol–water partition coefficient (Wildman–Crippen LogP) is -12.3. The number of hydrogen-bond acceptors (Lipinski definition) is 20. The first kappa shape index (κ1) is 53.6. The van der Waals surface area contributed by atoms with Gasteiger partial charge in [-0.2, -0.15) is 0 Å². The predicted molar refractivity (Wildman–Crippen MR) is 126 cm³/mol. The zero-order valence-electron chi connectivity index (χ0n) is 23.1. The van der Waals surface area contributed by atoms with Crippen molar-refractivity contribution < 1.29 is 118 Å². The van der Waals surface area contributed by atoms with Gasteiger partial charge in [0.25, 0.3) is 0 Å². The van der Waals surface area contributed by atoms with Crippen LogP contribution in [-0.4, -0.2) is 115 Å². The van der Waals surface area contributed by atoms with Gasteiger partial charge in [0.2, 0.25) is 0 Å². The molecule has 26 heteroatoms. The molecule has 0 heterocycles. The summed E-state index contributed by atoms with van der Waals surface area (Å²) in [6, 6.07) is -7.00. The largest absolute Gasteiger partial charge is 5.00 e. The molecule has 5 atom stereocenters. The van der Waals surface area contributed by atoms with E-state index in [1.165, 1.54) is 0 Å². The van der Waals surface area contributed by atoms with Crippen LogP contribution in [0.5, 0.6) is 0 Å². The second kappa shape index (κ2) is 30.1. The number of carbonyl (C=O) groups excluding carboxylic acids is 5. The van der Waals surface area contributed by atoms with Crippen LogP contribution in [0.15, 0.2) is 0 Å². The zero-order valence-corrected chi connectivity index (χ0v) is 24.5. The van der Waals surface area contributed by atoms with Crippen LogP contribution in [0.1, 0.15) is 32.1 Å². The Morgan fingerprint density at radius 3 is 0.457 bits per heavy atom.